The monoisotopic (exact) mass is 342 g/mol. The van der Waals surface area contributed by atoms with E-state index in [1.54, 1.807) is 12.1 Å². The van der Waals surface area contributed by atoms with E-state index in [2.05, 4.69) is 17.2 Å². The predicted molar refractivity (Wildman–Crippen MR) is 105 cm³/mol. The van der Waals surface area contributed by atoms with Crippen LogP contribution in [-0.2, 0) is 4.79 Å². The smallest absolute Gasteiger partial charge is 0.221 e. The van der Waals surface area contributed by atoms with Crippen LogP contribution in [-0.4, -0.2) is 11.0 Å². The topological polar surface area (TPSA) is 75.4 Å². The fourth-order valence-corrected chi connectivity index (χ4v) is 2.48. The summed E-state index contributed by atoms with van der Waals surface area (Å²) in [5.41, 5.74) is 10.5. The van der Waals surface area contributed by atoms with E-state index < -0.39 is 0 Å². The minimum Gasteiger partial charge on any atom is -0.507 e. The summed E-state index contributed by atoms with van der Waals surface area (Å²) in [7, 11) is 0. The molecule has 0 spiro atoms. The van der Waals surface area contributed by atoms with Gasteiger partial charge in [0.15, 0.2) is 0 Å². The van der Waals surface area contributed by atoms with Gasteiger partial charge < -0.3 is 16.2 Å². The molecule has 3 rings (SSSR count). The highest BCUT2D eigenvalue weighted by atomic mass is 16.3. The molecule has 0 aliphatic heterocycles. The lowest BCUT2D eigenvalue weighted by Gasteiger charge is -2.04. The Labute approximate surface area is 152 Å². The summed E-state index contributed by atoms with van der Waals surface area (Å²) in [4.78, 5) is 11.0. The highest BCUT2D eigenvalue weighted by Gasteiger charge is 2.02. The number of rotatable bonds is 2. The lowest BCUT2D eigenvalue weighted by atomic mass is 10.0. The van der Waals surface area contributed by atoms with Gasteiger partial charge in [-0.25, -0.2) is 0 Å². The van der Waals surface area contributed by atoms with Crippen LogP contribution in [0.2, 0.25) is 0 Å². The first kappa shape index (κ1) is 17.1. The first-order chi connectivity index (χ1) is 12.5. The minimum absolute atomic E-state index is 0.0299. The number of amides is 1. The molecule has 0 bridgehead atoms. The van der Waals surface area contributed by atoms with Crippen LogP contribution in [0.3, 0.4) is 0 Å². The molecule has 4 N–H and O–H groups in total. The molecule has 26 heavy (non-hydrogen) atoms. The van der Waals surface area contributed by atoms with Gasteiger partial charge in [0, 0.05) is 29.9 Å². The predicted octanol–water partition coefficient (Wildman–Crippen LogP) is 4.00. The molecule has 128 valence electrons. The van der Waals surface area contributed by atoms with Crippen molar-refractivity contribution in [1.82, 2.24) is 0 Å². The van der Waals surface area contributed by atoms with E-state index in [-0.39, 0.29) is 11.7 Å². The van der Waals surface area contributed by atoms with Crippen LogP contribution >= 0.6 is 0 Å². The number of benzene rings is 3. The zero-order chi connectivity index (χ0) is 18.5. The molecule has 0 aromatic heterocycles. The third-order valence-electron chi connectivity index (χ3n) is 3.79. The van der Waals surface area contributed by atoms with Crippen molar-refractivity contribution < 1.29 is 9.90 Å². The Hall–Kier alpha value is -3.71. The van der Waals surface area contributed by atoms with Crippen molar-refractivity contribution in [3.63, 3.8) is 0 Å². The number of phenolic OH excluding ortho intramolecular Hbond substituents is 1. The van der Waals surface area contributed by atoms with Gasteiger partial charge in [-0.05, 0) is 47.5 Å². The maximum absolute atomic E-state index is 11.0. The van der Waals surface area contributed by atoms with E-state index in [0.717, 1.165) is 22.4 Å². The highest BCUT2D eigenvalue weighted by molar-refractivity contribution is 5.89. The van der Waals surface area contributed by atoms with E-state index >= 15 is 0 Å². The first-order valence-corrected chi connectivity index (χ1v) is 8.10. The van der Waals surface area contributed by atoms with Crippen LogP contribution in [0.15, 0.2) is 66.7 Å². The average Bonchev–Trinajstić information content (AvgIpc) is 2.62. The summed E-state index contributed by atoms with van der Waals surface area (Å²) in [6.45, 7) is 1.42. The molecule has 3 aromatic rings. The molecule has 3 aromatic carbocycles. The molecule has 1 amide bonds. The Morgan fingerprint density at radius 1 is 0.923 bits per heavy atom. The molecule has 0 aliphatic rings. The minimum atomic E-state index is -0.190. The Morgan fingerprint density at radius 2 is 1.54 bits per heavy atom. The molecule has 0 saturated heterocycles. The maximum Gasteiger partial charge on any atom is 0.221 e. The van der Waals surface area contributed by atoms with Gasteiger partial charge in [-0.1, -0.05) is 36.1 Å². The number of anilines is 2. The largest absolute Gasteiger partial charge is 0.507 e. The van der Waals surface area contributed by atoms with Crippen molar-refractivity contribution in [2.75, 3.05) is 11.1 Å². The van der Waals surface area contributed by atoms with Crippen LogP contribution in [0.4, 0.5) is 11.4 Å². The van der Waals surface area contributed by atoms with Gasteiger partial charge in [-0.2, -0.15) is 0 Å². The summed E-state index contributed by atoms with van der Waals surface area (Å²) in [6, 6.07) is 20.4. The molecular weight excluding hydrogens is 324 g/mol. The van der Waals surface area contributed by atoms with Gasteiger partial charge in [0.1, 0.15) is 5.75 Å². The number of hydrogen-bond acceptors (Lipinski definition) is 3. The number of aromatic hydroxyl groups is 1. The lowest BCUT2D eigenvalue weighted by molar-refractivity contribution is -0.114. The van der Waals surface area contributed by atoms with Crippen molar-refractivity contribution in [3.8, 4) is 28.7 Å². The van der Waals surface area contributed by atoms with Gasteiger partial charge in [0.05, 0.1) is 5.56 Å². The van der Waals surface area contributed by atoms with Gasteiger partial charge in [0.25, 0.3) is 0 Å². The molecule has 0 heterocycles. The van der Waals surface area contributed by atoms with E-state index in [1.165, 1.54) is 13.0 Å². The summed E-state index contributed by atoms with van der Waals surface area (Å²) in [5.74, 6) is 5.82. The SMILES string of the molecule is CC(=O)Nc1ccc(C#Cc2ccc(-c3ccc(N)cc3)cc2)c(O)c1. The van der Waals surface area contributed by atoms with Crippen LogP contribution in [0, 0.1) is 11.8 Å². The van der Waals surface area contributed by atoms with E-state index in [0.29, 0.717) is 11.3 Å². The Kier molecular flexibility index (Phi) is 4.91. The zero-order valence-corrected chi connectivity index (χ0v) is 14.3. The molecular formula is C22H18N2O2. The van der Waals surface area contributed by atoms with Crippen molar-refractivity contribution in [2.24, 2.45) is 0 Å². The van der Waals surface area contributed by atoms with E-state index in [1.807, 2.05) is 48.5 Å². The summed E-state index contributed by atoms with van der Waals surface area (Å²) >= 11 is 0. The number of phenols is 1. The fraction of sp³-hybridized carbons (Fsp3) is 0.0455. The fourth-order valence-electron chi connectivity index (χ4n) is 2.48. The van der Waals surface area contributed by atoms with Crippen LogP contribution in [0.5, 0.6) is 5.75 Å². The maximum atomic E-state index is 11.0. The normalized spacial score (nSPS) is 9.88. The quantitative estimate of drug-likeness (QED) is 0.487. The summed E-state index contributed by atoms with van der Waals surface area (Å²) in [6.07, 6.45) is 0. The second kappa shape index (κ2) is 7.45. The first-order valence-electron chi connectivity index (χ1n) is 8.10. The van der Waals surface area contributed by atoms with Gasteiger partial charge in [0.2, 0.25) is 5.91 Å². The number of carbonyl (C=O) groups excluding carboxylic acids is 1. The van der Waals surface area contributed by atoms with Crippen molar-refractivity contribution >= 4 is 17.3 Å². The molecule has 4 heteroatoms. The zero-order valence-electron chi connectivity index (χ0n) is 14.3. The summed E-state index contributed by atoms with van der Waals surface area (Å²) in [5, 5.41) is 12.7. The van der Waals surface area contributed by atoms with Gasteiger partial charge in [-0.3, -0.25) is 4.79 Å². The van der Waals surface area contributed by atoms with Crippen LogP contribution in [0.1, 0.15) is 18.1 Å². The third-order valence-corrected chi connectivity index (χ3v) is 3.79. The van der Waals surface area contributed by atoms with Crippen molar-refractivity contribution in [1.29, 1.82) is 0 Å². The van der Waals surface area contributed by atoms with Gasteiger partial charge >= 0.3 is 0 Å². The number of nitrogen functional groups attached to an aromatic ring is 1. The molecule has 0 radical (unpaired) electrons. The van der Waals surface area contributed by atoms with Crippen LogP contribution < -0.4 is 11.1 Å². The number of carbonyl (C=O) groups is 1. The standard InChI is InChI=1S/C22H18N2O2/c1-15(25)24-21-13-10-19(22(26)14-21)7-4-16-2-5-17(6-3-16)18-8-11-20(23)12-9-18/h2-3,5-6,8-14,26H,23H2,1H3,(H,24,25). The second-order valence-electron chi connectivity index (χ2n) is 5.86. The molecule has 0 unspecified atom stereocenters. The molecule has 0 aliphatic carbocycles. The number of nitrogens with one attached hydrogen (secondary N) is 1. The molecule has 0 fully saturated rings. The van der Waals surface area contributed by atoms with E-state index in [9.17, 15) is 9.90 Å². The second-order valence-corrected chi connectivity index (χ2v) is 5.86. The van der Waals surface area contributed by atoms with Crippen molar-refractivity contribution in [2.45, 2.75) is 6.92 Å². The molecule has 0 saturated carbocycles. The summed E-state index contributed by atoms with van der Waals surface area (Å²) < 4.78 is 0. The van der Waals surface area contributed by atoms with Crippen molar-refractivity contribution in [3.05, 3.63) is 77.9 Å². The third kappa shape index (κ3) is 4.22. The Morgan fingerprint density at radius 3 is 2.12 bits per heavy atom. The van der Waals surface area contributed by atoms with E-state index in [4.69, 9.17) is 5.73 Å². The average molecular weight is 342 g/mol. The van der Waals surface area contributed by atoms with Gasteiger partial charge in [-0.15, -0.1) is 0 Å². The van der Waals surface area contributed by atoms with Crippen LogP contribution in [0.25, 0.3) is 11.1 Å². The lowest BCUT2D eigenvalue weighted by Crippen LogP contribution is -2.05. The number of nitrogens with two attached hydrogens (primary N) is 1. The Bertz CT molecular complexity index is 995. The molecule has 4 nitrogen and oxygen atoms in total. The Balaban J connectivity index is 1.78. The number of hydrogen-bond donors (Lipinski definition) is 3. The molecule has 0 atom stereocenters. The highest BCUT2D eigenvalue weighted by Crippen LogP contribution is 2.22.